The minimum Gasteiger partial charge on any atom is -0.308 e. The van der Waals surface area contributed by atoms with Crippen LogP contribution in [-0.2, 0) is 6.54 Å². The first-order valence-electron chi connectivity index (χ1n) is 5.52. The summed E-state index contributed by atoms with van der Waals surface area (Å²) >= 11 is 3.32. The summed E-state index contributed by atoms with van der Waals surface area (Å²) in [5.41, 5.74) is 1.33. The summed E-state index contributed by atoms with van der Waals surface area (Å²) in [6.45, 7) is 1.91. The monoisotopic (exact) mass is 305 g/mol. The number of aryl methyl sites for hydroxylation is 1. The molecule has 18 heavy (non-hydrogen) atoms. The summed E-state index contributed by atoms with van der Waals surface area (Å²) in [5, 5.41) is 0. The van der Waals surface area contributed by atoms with Crippen molar-refractivity contribution in [3.63, 3.8) is 0 Å². The fourth-order valence-electron chi connectivity index (χ4n) is 1.65. The molecule has 0 amide bonds. The molecule has 0 aliphatic heterocycles. The number of Topliss-reactive ketones (excluding diaryl/α,β-unsaturated/α-hetero) is 1. The summed E-state index contributed by atoms with van der Waals surface area (Å²) in [4.78, 5) is 23.7. The predicted octanol–water partition coefficient (Wildman–Crippen LogP) is 2.80. The number of pyridine rings is 1. The molecule has 2 aromatic rings. The fraction of sp³-hybridized carbons (Fsp3) is 0.143. The highest BCUT2D eigenvalue weighted by molar-refractivity contribution is 9.10. The molecule has 92 valence electrons. The Bertz CT molecular complexity index is 646. The normalized spacial score (nSPS) is 10.3. The van der Waals surface area contributed by atoms with Crippen molar-refractivity contribution in [2.75, 3.05) is 0 Å². The molecule has 0 aliphatic rings. The van der Waals surface area contributed by atoms with E-state index in [0.717, 1.165) is 10.0 Å². The summed E-state index contributed by atoms with van der Waals surface area (Å²) < 4.78 is 2.26. The third kappa shape index (κ3) is 2.96. The molecule has 0 unspecified atom stereocenters. The van der Waals surface area contributed by atoms with Crippen LogP contribution in [0.1, 0.15) is 15.9 Å². The van der Waals surface area contributed by atoms with Gasteiger partial charge in [-0.2, -0.15) is 0 Å². The van der Waals surface area contributed by atoms with Crippen molar-refractivity contribution in [1.29, 1.82) is 0 Å². The summed E-state index contributed by atoms with van der Waals surface area (Å²) in [7, 11) is 0. The number of hydrogen-bond acceptors (Lipinski definition) is 2. The van der Waals surface area contributed by atoms with Gasteiger partial charge in [-0.1, -0.05) is 28.1 Å². The molecular weight excluding hydrogens is 294 g/mol. The molecule has 4 heteroatoms. The van der Waals surface area contributed by atoms with Crippen molar-refractivity contribution in [1.82, 2.24) is 4.57 Å². The lowest BCUT2D eigenvalue weighted by Gasteiger charge is -2.05. The number of aromatic nitrogens is 1. The van der Waals surface area contributed by atoms with Crippen molar-refractivity contribution >= 4 is 21.7 Å². The molecular formula is C14H12BrNO2. The Hall–Kier alpha value is -1.68. The van der Waals surface area contributed by atoms with Gasteiger partial charge >= 0.3 is 0 Å². The topological polar surface area (TPSA) is 39.1 Å². The van der Waals surface area contributed by atoms with E-state index in [1.54, 1.807) is 24.4 Å². The zero-order valence-corrected chi connectivity index (χ0v) is 11.5. The Labute approximate surface area is 113 Å². The molecule has 0 N–H and O–H groups in total. The van der Waals surface area contributed by atoms with E-state index in [4.69, 9.17) is 0 Å². The highest BCUT2D eigenvalue weighted by atomic mass is 79.9. The van der Waals surface area contributed by atoms with E-state index in [1.807, 2.05) is 19.1 Å². The summed E-state index contributed by atoms with van der Waals surface area (Å²) in [6, 6.07) is 10.5. The van der Waals surface area contributed by atoms with Crippen LogP contribution >= 0.6 is 15.9 Å². The van der Waals surface area contributed by atoms with E-state index in [0.29, 0.717) is 5.56 Å². The van der Waals surface area contributed by atoms with Gasteiger partial charge in [0.1, 0.15) is 0 Å². The highest BCUT2D eigenvalue weighted by Gasteiger charge is 2.07. The molecule has 1 aromatic heterocycles. The number of ketones is 1. The van der Waals surface area contributed by atoms with Crippen molar-refractivity contribution in [2.45, 2.75) is 13.5 Å². The average molecular weight is 306 g/mol. The quantitative estimate of drug-likeness (QED) is 0.818. The fourth-order valence-corrected chi connectivity index (χ4v) is 2.04. The number of rotatable bonds is 3. The average Bonchev–Trinajstić information content (AvgIpc) is 2.32. The van der Waals surface area contributed by atoms with Gasteiger partial charge in [0.2, 0.25) is 0 Å². The Morgan fingerprint density at radius 1 is 1.28 bits per heavy atom. The third-order valence-electron chi connectivity index (χ3n) is 2.61. The van der Waals surface area contributed by atoms with E-state index in [-0.39, 0.29) is 17.9 Å². The lowest BCUT2D eigenvalue weighted by molar-refractivity contribution is 0.0970. The maximum Gasteiger partial charge on any atom is 0.251 e. The van der Waals surface area contributed by atoms with Crippen LogP contribution in [0.3, 0.4) is 0 Å². The first-order valence-corrected chi connectivity index (χ1v) is 6.31. The number of carbonyl (C=O) groups is 1. The second-order valence-electron chi connectivity index (χ2n) is 4.10. The highest BCUT2D eigenvalue weighted by Crippen LogP contribution is 2.12. The number of hydrogen-bond donors (Lipinski definition) is 0. The first-order chi connectivity index (χ1) is 8.56. The SMILES string of the molecule is Cc1ccn(CC(=O)c2cccc(Br)c2)c(=O)c1. The van der Waals surface area contributed by atoms with Crippen molar-refractivity contribution in [3.8, 4) is 0 Å². The number of carbonyl (C=O) groups excluding carboxylic acids is 1. The maximum atomic E-state index is 12.0. The van der Waals surface area contributed by atoms with Gasteiger partial charge in [0.15, 0.2) is 5.78 Å². The maximum absolute atomic E-state index is 12.0. The van der Waals surface area contributed by atoms with Gasteiger partial charge in [0, 0.05) is 22.3 Å². The van der Waals surface area contributed by atoms with E-state index in [2.05, 4.69) is 15.9 Å². The molecule has 0 radical (unpaired) electrons. The van der Waals surface area contributed by atoms with Gasteiger partial charge in [-0.25, -0.2) is 0 Å². The smallest absolute Gasteiger partial charge is 0.251 e. The Balaban J connectivity index is 2.24. The zero-order chi connectivity index (χ0) is 13.1. The molecule has 0 saturated carbocycles. The number of benzene rings is 1. The second-order valence-corrected chi connectivity index (χ2v) is 5.02. The Morgan fingerprint density at radius 3 is 2.72 bits per heavy atom. The number of nitrogens with zero attached hydrogens (tertiary/aromatic N) is 1. The minimum absolute atomic E-state index is 0.0650. The molecule has 3 nitrogen and oxygen atoms in total. The van der Waals surface area contributed by atoms with Crippen LogP contribution in [0.25, 0.3) is 0 Å². The van der Waals surface area contributed by atoms with Crippen LogP contribution in [0.2, 0.25) is 0 Å². The predicted molar refractivity (Wildman–Crippen MR) is 73.9 cm³/mol. The molecule has 1 heterocycles. The third-order valence-corrected chi connectivity index (χ3v) is 3.11. The van der Waals surface area contributed by atoms with Crippen molar-refractivity contribution < 1.29 is 4.79 Å². The van der Waals surface area contributed by atoms with Gasteiger partial charge in [0.05, 0.1) is 6.54 Å². The van der Waals surface area contributed by atoms with E-state index in [1.165, 1.54) is 10.6 Å². The molecule has 0 aliphatic carbocycles. The van der Waals surface area contributed by atoms with Crippen LogP contribution < -0.4 is 5.56 Å². The van der Waals surface area contributed by atoms with Gasteiger partial charge in [0.25, 0.3) is 5.56 Å². The van der Waals surface area contributed by atoms with Gasteiger partial charge in [-0.15, -0.1) is 0 Å². The van der Waals surface area contributed by atoms with Crippen LogP contribution in [0.4, 0.5) is 0 Å². The number of halogens is 1. The lowest BCUT2D eigenvalue weighted by atomic mass is 10.1. The standard InChI is InChI=1S/C14H12BrNO2/c1-10-5-6-16(14(18)7-10)9-13(17)11-3-2-4-12(15)8-11/h2-8H,9H2,1H3. The zero-order valence-electron chi connectivity index (χ0n) is 9.89. The second kappa shape index (κ2) is 5.31. The largest absolute Gasteiger partial charge is 0.308 e. The molecule has 0 atom stereocenters. The lowest BCUT2D eigenvalue weighted by Crippen LogP contribution is -2.23. The van der Waals surface area contributed by atoms with Crippen molar-refractivity contribution in [3.05, 3.63) is 68.5 Å². The minimum atomic E-state index is -0.154. The molecule has 0 spiro atoms. The summed E-state index contributed by atoms with van der Waals surface area (Å²) in [5.74, 6) is -0.0812. The van der Waals surface area contributed by atoms with Crippen molar-refractivity contribution in [2.24, 2.45) is 0 Å². The van der Waals surface area contributed by atoms with Crippen LogP contribution in [0, 0.1) is 6.92 Å². The van der Waals surface area contributed by atoms with Crippen LogP contribution in [-0.4, -0.2) is 10.4 Å². The van der Waals surface area contributed by atoms with Crippen LogP contribution in [0.15, 0.2) is 51.9 Å². The molecule has 1 aromatic carbocycles. The Kier molecular flexibility index (Phi) is 3.77. The van der Waals surface area contributed by atoms with Gasteiger partial charge < -0.3 is 4.57 Å². The summed E-state index contributed by atoms with van der Waals surface area (Å²) in [6.07, 6.45) is 1.65. The van der Waals surface area contributed by atoms with Gasteiger partial charge in [-0.05, 0) is 30.7 Å². The van der Waals surface area contributed by atoms with E-state index in [9.17, 15) is 9.59 Å². The molecule has 0 saturated heterocycles. The van der Waals surface area contributed by atoms with Gasteiger partial charge in [-0.3, -0.25) is 9.59 Å². The Morgan fingerprint density at radius 2 is 2.06 bits per heavy atom. The van der Waals surface area contributed by atoms with Crippen LogP contribution in [0.5, 0.6) is 0 Å². The molecule has 0 bridgehead atoms. The van der Waals surface area contributed by atoms with E-state index < -0.39 is 0 Å². The first kappa shape index (κ1) is 12.8. The molecule has 2 rings (SSSR count). The van der Waals surface area contributed by atoms with E-state index >= 15 is 0 Å². The molecule has 0 fully saturated rings.